The summed E-state index contributed by atoms with van der Waals surface area (Å²) in [6, 6.07) is 14.7. The number of piperazine rings is 1. The zero-order valence-electron chi connectivity index (χ0n) is 18.8. The van der Waals surface area contributed by atoms with Gasteiger partial charge in [-0.05, 0) is 43.7 Å². The van der Waals surface area contributed by atoms with Crippen LogP contribution < -0.4 is 15.5 Å². The maximum atomic E-state index is 12.6. The van der Waals surface area contributed by atoms with Gasteiger partial charge in [0.1, 0.15) is 23.3 Å². The molecule has 0 aliphatic carbocycles. The number of benzene rings is 1. The van der Waals surface area contributed by atoms with E-state index in [1.807, 2.05) is 38.1 Å². The highest BCUT2D eigenvalue weighted by molar-refractivity contribution is 5.96. The summed E-state index contributed by atoms with van der Waals surface area (Å²) in [5, 5.41) is 5.94. The summed E-state index contributed by atoms with van der Waals surface area (Å²) in [7, 11) is 0. The second-order valence-electron chi connectivity index (χ2n) is 7.92. The van der Waals surface area contributed by atoms with Gasteiger partial charge >= 0.3 is 0 Å². The zero-order chi connectivity index (χ0) is 23.2. The number of nitrogens with zero attached hydrogens (tertiary/aromatic N) is 5. The van der Waals surface area contributed by atoms with Crippen molar-refractivity contribution < 1.29 is 9.59 Å². The number of rotatable bonds is 6. The Bertz CT molecular complexity index is 1130. The highest BCUT2D eigenvalue weighted by Crippen LogP contribution is 2.20. The number of nitrogens with one attached hydrogen (secondary N) is 2. The molecule has 0 atom stereocenters. The first-order valence-corrected chi connectivity index (χ1v) is 10.9. The van der Waals surface area contributed by atoms with Crippen molar-refractivity contribution in [2.24, 2.45) is 0 Å². The molecule has 0 saturated carbocycles. The Morgan fingerprint density at radius 2 is 1.70 bits per heavy atom. The van der Waals surface area contributed by atoms with Crippen LogP contribution in [0.4, 0.5) is 17.5 Å². The molecule has 2 aromatic heterocycles. The van der Waals surface area contributed by atoms with E-state index in [0.717, 1.165) is 17.2 Å². The second-order valence-corrected chi connectivity index (χ2v) is 7.92. The minimum atomic E-state index is -0.248. The van der Waals surface area contributed by atoms with Gasteiger partial charge in [0.2, 0.25) is 5.91 Å². The average Bonchev–Trinajstić information content (AvgIpc) is 2.82. The van der Waals surface area contributed by atoms with E-state index in [9.17, 15) is 9.59 Å². The lowest BCUT2D eigenvalue weighted by molar-refractivity contribution is -0.130. The molecular weight excluding hydrogens is 418 g/mol. The molecule has 3 heterocycles. The summed E-state index contributed by atoms with van der Waals surface area (Å²) in [6.45, 7) is 6.27. The molecule has 0 unspecified atom stereocenters. The Balaban J connectivity index is 1.32. The van der Waals surface area contributed by atoms with E-state index in [1.54, 1.807) is 35.4 Å². The Hall–Kier alpha value is -4.01. The van der Waals surface area contributed by atoms with E-state index in [4.69, 9.17) is 0 Å². The van der Waals surface area contributed by atoms with Crippen molar-refractivity contribution in [2.45, 2.75) is 13.8 Å². The van der Waals surface area contributed by atoms with Gasteiger partial charge in [0.05, 0.1) is 6.54 Å². The Morgan fingerprint density at radius 1 is 0.939 bits per heavy atom. The Morgan fingerprint density at radius 3 is 2.42 bits per heavy atom. The monoisotopic (exact) mass is 445 g/mol. The molecule has 3 aromatic rings. The van der Waals surface area contributed by atoms with Crippen LogP contribution in [-0.4, -0.2) is 64.4 Å². The highest BCUT2D eigenvalue weighted by Gasteiger charge is 2.23. The van der Waals surface area contributed by atoms with Crippen LogP contribution in [0.3, 0.4) is 0 Å². The van der Waals surface area contributed by atoms with Crippen LogP contribution in [0.25, 0.3) is 0 Å². The number of aryl methyl sites for hydroxylation is 2. The molecular formula is C24H27N7O2. The first-order chi connectivity index (χ1) is 16.0. The maximum absolute atomic E-state index is 12.6. The summed E-state index contributed by atoms with van der Waals surface area (Å²) >= 11 is 0. The molecule has 170 valence electrons. The highest BCUT2D eigenvalue weighted by atomic mass is 16.2. The molecule has 4 rings (SSSR count). The molecule has 33 heavy (non-hydrogen) atoms. The quantitative estimate of drug-likeness (QED) is 0.600. The van der Waals surface area contributed by atoms with Crippen molar-refractivity contribution in [3.8, 4) is 0 Å². The fourth-order valence-corrected chi connectivity index (χ4v) is 3.66. The number of aromatic nitrogens is 3. The number of carbonyl (C=O) groups is 2. The van der Waals surface area contributed by atoms with Gasteiger partial charge in [-0.2, -0.15) is 0 Å². The van der Waals surface area contributed by atoms with Crippen LogP contribution in [0.1, 0.15) is 21.7 Å². The predicted octanol–water partition coefficient (Wildman–Crippen LogP) is 2.31. The van der Waals surface area contributed by atoms with E-state index in [0.29, 0.717) is 43.4 Å². The third-order valence-corrected chi connectivity index (χ3v) is 5.39. The van der Waals surface area contributed by atoms with E-state index < -0.39 is 0 Å². The van der Waals surface area contributed by atoms with Gasteiger partial charge in [0.25, 0.3) is 5.91 Å². The number of pyridine rings is 1. The molecule has 0 bridgehead atoms. The van der Waals surface area contributed by atoms with Crippen molar-refractivity contribution in [3.63, 3.8) is 0 Å². The van der Waals surface area contributed by atoms with Gasteiger partial charge < -0.3 is 20.4 Å². The summed E-state index contributed by atoms with van der Waals surface area (Å²) in [6.07, 6.45) is 1.76. The van der Waals surface area contributed by atoms with Crippen molar-refractivity contribution in [1.82, 2.24) is 25.2 Å². The lowest BCUT2D eigenvalue weighted by Crippen LogP contribution is -2.51. The number of amides is 2. The van der Waals surface area contributed by atoms with Crippen molar-refractivity contribution in [2.75, 3.05) is 42.9 Å². The number of hydrogen-bond acceptors (Lipinski definition) is 7. The fourth-order valence-electron chi connectivity index (χ4n) is 3.66. The van der Waals surface area contributed by atoms with Gasteiger partial charge in [0, 0.05) is 44.0 Å². The third-order valence-electron chi connectivity index (χ3n) is 5.39. The Labute approximate surface area is 192 Å². The summed E-state index contributed by atoms with van der Waals surface area (Å²) in [5.41, 5.74) is 1.65. The van der Waals surface area contributed by atoms with Gasteiger partial charge in [-0.3, -0.25) is 9.59 Å². The predicted molar refractivity (Wildman–Crippen MR) is 127 cm³/mol. The van der Waals surface area contributed by atoms with Crippen molar-refractivity contribution >= 4 is 29.3 Å². The second kappa shape index (κ2) is 10.1. The fraction of sp³-hybridized carbons (Fsp3) is 0.292. The van der Waals surface area contributed by atoms with Crippen LogP contribution in [0.15, 0.2) is 54.7 Å². The summed E-state index contributed by atoms with van der Waals surface area (Å²) in [5.74, 6) is 2.53. The van der Waals surface area contributed by atoms with Crippen LogP contribution in [0.2, 0.25) is 0 Å². The zero-order valence-corrected chi connectivity index (χ0v) is 18.8. The van der Waals surface area contributed by atoms with E-state index in [-0.39, 0.29) is 18.4 Å². The topological polar surface area (TPSA) is 103 Å². The number of hydrogen-bond donors (Lipinski definition) is 2. The summed E-state index contributed by atoms with van der Waals surface area (Å²) < 4.78 is 0. The van der Waals surface area contributed by atoms with Crippen LogP contribution in [0, 0.1) is 13.8 Å². The van der Waals surface area contributed by atoms with Crippen molar-refractivity contribution in [1.29, 1.82) is 0 Å². The van der Waals surface area contributed by atoms with Crippen LogP contribution >= 0.6 is 0 Å². The normalized spacial score (nSPS) is 13.5. The number of carbonyl (C=O) groups excluding carboxylic acids is 2. The van der Waals surface area contributed by atoms with Gasteiger partial charge in [-0.25, -0.2) is 15.0 Å². The molecule has 1 aromatic carbocycles. The largest absolute Gasteiger partial charge is 0.353 e. The molecule has 1 aliphatic heterocycles. The van der Waals surface area contributed by atoms with Gasteiger partial charge in [-0.15, -0.1) is 0 Å². The van der Waals surface area contributed by atoms with E-state index in [2.05, 4.69) is 30.5 Å². The molecule has 1 aliphatic rings. The third kappa shape index (κ3) is 5.82. The molecule has 1 saturated heterocycles. The standard InChI is InChI=1S/C24H27N7O2/c1-17-8-9-25-20(14-17)29-21-15-22(28-18(2)27-21)30-10-12-31(13-11-30)23(32)16-26-24(33)19-6-4-3-5-7-19/h3-9,14-15H,10-13,16H2,1-2H3,(H,26,33)(H,25,27,28,29). The van der Waals surface area contributed by atoms with Gasteiger partial charge in [-0.1, -0.05) is 18.2 Å². The maximum Gasteiger partial charge on any atom is 0.251 e. The minimum absolute atomic E-state index is 0.0160. The molecule has 2 N–H and O–H groups in total. The number of anilines is 3. The smallest absolute Gasteiger partial charge is 0.251 e. The van der Waals surface area contributed by atoms with E-state index in [1.165, 1.54) is 0 Å². The minimum Gasteiger partial charge on any atom is -0.353 e. The molecule has 2 amide bonds. The molecule has 9 heteroatoms. The van der Waals surface area contributed by atoms with Crippen LogP contribution in [0.5, 0.6) is 0 Å². The first kappa shape index (κ1) is 22.2. The molecule has 1 fully saturated rings. The summed E-state index contributed by atoms with van der Waals surface area (Å²) in [4.78, 5) is 42.0. The lowest BCUT2D eigenvalue weighted by Gasteiger charge is -2.35. The average molecular weight is 446 g/mol. The van der Waals surface area contributed by atoms with Crippen molar-refractivity contribution in [3.05, 3.63) is 71.7 Å². The SMILES string of the molecule is Cc1ccnc(Nc2cc(N3CCN(C(=O)CNC(=O)c4ccccc4)CC3)nc(C)n2)c1. The van der Waals surface area contributed by atoms with Gasteiger partial charge in [0.15, 0.2) is 0 Å². The Kier molecular flexibility index (Phi) is 6.77. The van der Waals surface area contributed by atoms with E-state index >= 15 is 0 Å². The molecule has 0 radical (unpaired) electrons. The molecule has 0 spiro atoms. The van der Waals surface area contributed by atoms with Crippen LogP contribution in [-0.2, 0) is 4.79 Å². The lowest BCUT2D eigenvalue weighted by atomic mass is 10.2. The first-order valence-electron chi connectivity index (χ1n) is 10.9. The molecule has 9 nitrogen and oxygen atoms in total.